The number of amides is 1. The van der Waals surface area contributed by atoms with Gasteiger partial charge in [0.15, 0.2) is 0 Å². The molecule has 3 nitrogen and oxygen atoms in total. The Bertz CT molecular complexity index is 311. The van der Waals surface area contributed by atoms with Crippen LogP contribution in [0.3, 0.4) is 0 Å². The number of nitrogens with two attached hydrogens (primary N) is 1. The molecule has 0 aliphatic rings. The molecule has 0 saturated carbocycles. The van der Waals surface area contributed by atoms with Gasteiger partial charge in [-0.05, 0) is 12.0 Å². The average Bonchev–Trinajstić information content (AvgIpc) is 2.34. The Labute approximate surface area is 97.0 Å². The maximum absolute atomic E-state index is 11.6. The molecule has 0 aliphatic carbocycles. The molecular weight excluding hydrogens is 200 g/mol. The minimum absolute atomic E-state index is 0.0643. The third-order valence-corrected chi connectivity index (χ3v) is 2.53. The summed E-state index contributed by atoms with van der Waals surface area (Å²) < 4.78 is 0. The van der Waals surface area contributed by atoms with Crippen molar-refractivity contribution in [1.29, 1.82) is 0 Å². The molecule has 0 aliphatic heterocycles. The fraction of sp³-hybridized carbons (Fsp3) is 0.462. The second-order valence-corrected chi connectivity index (χ2v) is 3.87. The van der Waals surface area contributed by atoms with Crippen LogP contribution in [0.4, 0.5) is 0 Å². The van der Waals surface area contributed by atoms with Gasteiger partial charge in [0, 0.05) is 13.0 Å². The van der Waals surface area contributed by atoms with E-state index in [-0.39, 0.29) is 11.9 Å². The first-order valence-corrected chi connectivity index (χ1v) is 5.82. The van der Waals surface area contributed by atoms with Crippen LogP contribution in [0, 0.1) is 0 Å². The van der Waals surface area contributed by atoms with E-state index in [2.05, 4.69) is 12.2 Å². The molecule has 0 fully saturated rings. The van der Waals surface area contributed by atoms with Crippen molar-refractivity contribution in [3.05, 3.63) is 35.9 Å². The maximum atomic E-state index is 11.6. The lowest BCUT2D eigenvalue weighted by Gasteiger charge is -2.17. The summed E-state index contributed by atoms with van der Waals surface area (Å²) in [5.74, 6) is 0.0844. The quantitative estimate of drug-likeness (QED) is 0.770. The van der Waals surface area contributed by atoms with E-state index in [4.69, 9.17) is 5.73 Å². The topological polar surface area (TPSA) is 55.1 Å². The Balaban J connectivity index is 2.52. The van der Waals surface area contributed by atoms with Crippen LogP contribution in [0.2, 0.25) is 0 Å². The molecule has 1 aromatic rings. The number of unbranched alkanes of at least 4 members (excludes halogenated alkanes) is 1. The van der Waals surface area contributed by atoms with E-state index in [1.165, 1.54) is 0 Å². The van der Waals surface area contributed by atoms with Crippen molar-refractivity contribution in [3.63, 3.8) is 0 Å². The van der Waals surface area contributed by atoms with Crippen molar-refractivity contribution in [2.24, 2.45) is 5.73 Å². The molecule has 1 amide bonds. The van der Waals surface area contributed by atoms with Crippen molar-refractivity contribution in [1.82, 2.24) is 5.32 Å². The molecule has 88 valence electrons. The SMILES string of the molecule is CCCCC(=O)NC(CN)c1ccccc1. The molecule has 1 aromatic carbocycles. The normalized spacial score (nSPS) is 12.1. The number of benzene rings is 1. The number of carbonyl (C=O) groups is 1. The molecule has 1 rings (SSSR count). The summed E-state index contributed by atoms with van der Waals surface area (Å²) in [6.07, 6.45) is 2.55. The van der Waals surface area contributed by atoms with Crippen LogP contribution in [0.5, 0.6) is 0 Å². The van der Waals surface area contributed by atoms with E-state index in [0.717, 1.165) is 18.4 Å². The molecule has 0 radical (unpaired) electrons. The second kappa shape index (κ2) is 7.01. The van der Waals surface area contributed by atoms with Crippen molar-refractivity contribution < 1.29 is 4.79 Å². The van der Waals surface area contributed by atoms with Gasteiger partial charge < -0.3 is 11.1 Å². The molecule has 0 spiro atoms. The molecule has 3 heteroatoms. The van der Waals surface area contributed by atoms with Crippen molar-refractivity contribution in [2.45, 2.75) is 32.2 Å². The third kappa shape index (κ3) is 4.03. The van der Waals surface area contributed by atoms with Crippen LogP contribution in [0.25, 0.3) is 0 Å². The molecule has 0 aromatic heterocycles. The highest BCUT2D eigenvalue weighted by molar-refractivity contribution is 5.76. The minimum atomic E-state index is -0.0643. The molecular formula is C13H20N2O. The zero-order valence-corrected chi connectivity index (χ0v) is 9.78. The van der Waals surface area contributed by atoms with E-state index in [1.54, 1.807) is 0 Å². The van der Waals surface area contributed by atoms with E-state index in [0.29, 0.717) is 13.0 Å². The predicted octanol–water partition coefficient (Wildman–Crippen LogP) is 1.99. The fourth-order valence-corrected chi connectivity index (χ4v) is 1.57. The van der Waals surface area contributed by atoms with Gasteiger partial charge >= 0.3 is 0 Å². The van der Waals surface area contributed by atoms with Gasteiger partial charge in [0.2, 0.25) is 5.91 Å². The van der Waals surface area contributed by atoms with Crippen LogP contribution in [-0.4, -0.2) is 12.5 Å². The Kier molecular flexibility index (Phi) is 5.57. The molecule has 0 bridgehead atoms. The highest BCUT2D eigenvalue weighted by Crippen LogP contribution is 2.11. The van der Waals surface area contributed by atoms with Crippen molar-refractivity contribution in [3.8, 4) is 0 Å². The largest absolute Gasteiger partial charge is 0.348 e. The Morgan fingerprint density at radius 1 is 1.38 bits per heavy atom. The Morgan fingerprint density at radius 3 is 2.62 bits per heavy atom. The summed E-state index contributed by atoms with van der Waals surface area (Å²) >= 11 is 0. The Morgan fingerprint density at radius 2 is 2.06 bits per heavy atom. The second-order valence-electron chi connectivity index (χ2n) is 3.87. The summed E-state index contributed by atoms with van der Waals surface area (Å²) in [7, 11) is 0. The first-order chi connectivity index (χ1) is 7.77. The molecule has 0 saturated heterocycles. The number of hydrogen-bond acceptors (Lipinski definition) is 2. The Hall–Kier alpha value is -1.35. The van der Waals surface area contributed by atoms with Gasteiger partial charge in [-0.3, -0.25) is 4.79 Å². The highest BCUT2D eigenvalue weighted by atomic mass is 16.1. The zero-order valence-electron chi connectivity index (χ0n) is 9.78. The predicted molar refractivity (Wildman–Crippen MR) is 65.9 cm³/mol. The maximum Gasteiger partial charge on any atom is 0.220 e. The lowest BCUT2D eigenvalue weighted by atomic mass is 10.1. The number of hydrogen-bond donors (Lipinski definition) is 2. The lowest BCUT2D eigenvalue weighted by Crippen LogP contribution is -2.33. The van der Waals surface area contributed by atoms with Crippen LogP contribution < -0.4 is 11.1 Å². The lowest BCUT2D eigenvalue weighted by molar-refractivity contribution is -0.121. The van der Waals surface area contributed by atoms with Crippen molar-refractivity contribution >= 4 is 5.91 Å². The summed E-state index contributed by atoms with van der Waals surface area (Å²) in [5, 5.41) is 2.95. The number of nitrogens with one attached hydrogen (secondary N) is 1. The first kappa shape index (κ1) is 12.7. The van der Waals surface area contributed by atoms with Crippen LogP contribution in [-0.2, 0) is 4.79 Å². The smallest absolute Gasteiger partial charge is 0.220 e. The molecule has 0 heterocycles. The molecule has 16 heavy (non-hydrogen) atoms. The van der Waals surface area contributed by atoms with Crippen LogP contribution in [0.15, 0.2) is 30.3 Å². The van der Waals surface area contributed by atoms with E-state index < -0.39 is 0 Å². The number of rotatable bonds is 6. The summed E-state index contributed by atoms with van der Waals surface area (Å²) in [6.45, 7) is 2.51. The van der Waals surface area contributed by atoms with E-state index >= 15 is 0 Å². The van der Waals surface area contributed by atoms with Crippen LogP contribution >= 0.6 is 0 Å². The van der Waals surface area contributed by atoms with E-state index in [9.17, 15) is 4.79 Å². The van der Waals surface area contributed by atoms with E-state index in [1.807, 2.05) is 30.3 Å². The molecule has 1 atom stereocenters. The van der Waals surface area contributed by atoms with Gasteiger partial charge in [-0.15, -0.1) is 0 Å². The fourth-order valence-electron chi connectivity index (χ4n) is 1.57. The monoisotopic (exact) mass is 220 g/mol. The van der Waals surface area contributed by atoms with Gasteiger partial charge in [0.1, 0.15) is 0 Å². The van der Waals surface area contributed by atoms with Gasteiger partial charge in [-0.2, -0.15) is 0 Å². The number of carbonyl (C=O) groups excluding carboxylic acids is 1. The zero-order chi connectivity index (χ0) is 11.8. The third-order valence-electron chi connectivity index (χ3n) is 2.53. The minimum Gasteiger partial charge on any atom is -0.348 e. The summed E-state index contributed by atoms with van der Waals surface area (Å²) in [5.41, 5.74) is 6.73. The van der Waals surface area contributed by atoms with Crippen molar-refractivity contribution in [2.75, 3.05) is 6.54 Å². The van der Waals surface area contributed by atoms with Gasteiger partial charge in [-0.25, -0.2) is 0 Å². The summed E-state index contributed by atoms with van der Waals surface area (Å²) in [6, 6.07) is 9.77. The molecule has 1 unspecified atom stereocenters. The standard InChI is InChI=1S/C13H20N2O/c1-2-3-9-13(16)15-12(10-14)11-7-5-4-6-8-11/h4-8,12H,2-3,9-10,14H2,1H3,(H,15,16). The first-order valence-electron chi connectivity index (χ1n) is 5.82. The van der Waals surface area contributed by atoms with Gasteiger partial charge in [0.25, 0.3) is 0 Å². The highest BCUT2D eigenvalue weighted by Gasteiger charge is 2.11. The van der Waals surface area contributed by atoms with Crippen LogP contribution in [0.1, 0.15) is 37.8 Å². The summed E-state index contributed by atoms with van der Waals surface area (Å²) in [4.78, 5) is 11.6. The van der Waals surface area contributed by atoms with Gasteiger partial charge in [0.05, 0.1) is 6.04 Å². The molecule has 3 N–H and O–H groups in total. The average molecular weight is 220 g/mol. The van der Waals surface area contributed by atoms with Gasteiger partial charge in [-0.1, -0.05) is 43.7 Å².